The van der Waals surface area contributed by atoms with E-state index >= 15 is 0 Å². The Kier molecular flexibility index (Phi) is 3.72. The molecule has 0 unspecified atom stereocenters. The fourth-order valence-corrected chi connectivity index (χ4v) is 2.33. The van der Waals surface area contributed by atoms with Crippen LogP contribution in [0.3, 0.4) is 0 Å². The van der Waals surface area contributed by atoms with Crippen LogP contribution in [-0.2, 0) is 4.74 Å². The fourth-order valence-electron chi connectivity index (χ4n) is 2.33. The summed E-state index contributed by atoms with van der Waals surface area (Å²) in [6, 6.07) is 5.04. The molecule has 1 aromatic rings. The zero-order valence-corrected chi connectivity index (χ0v) is 10.4. The van der Waals surface area contributed by atoms with Crippen molar-refractivity contribution in [2.24, 2.45) is 0 Å². The van der Waals surface area contributed by atoms with Crippen molar-refractivity contribution in [3.05, 3.63) is 23.8 Å². The van der Waals surface area contributed by atoms with Crippen molar-refractivity contribution >= 4 is 17.3 Å². The molecule has 0 aliphatic carbocycles. The van der Waals surface area contributed by atoms with E-state index in [1.54, 1.807) is 19.2 Å². The fraction of sp³-hybridized carbons (Fsp3) is 0.462. The van der Waals surface area contributed by atoms with E-state index in [4.69, 9.17) is 10.5 Å². The first-order valence-corrected chi connectivity index (χ1v) is 6.02. The van der Waals surface area contributed by atoms with Crippen LogP contribution in [0.4, 0.5) is 11.4 Å². The predicted octanol–water partition coefficient (Wildman–Crippen LogP) is 1.58. The molecule has 0 bridgehead atoms. The quantitative estimate of drug-likeness (QED) is 0.797. The van der Waals surface area contributed by atoms with Crippen LogP contribution in [0.5, 0.6) is 0 Å². The predicted molar refractivity (Wildman–Crippen MR) is 70.1 cm³/mol. The number of methoxy groups -OCH3 is 1. The Balaban J connectivity index is 2.21. The van der Waals surface area contributed by atoms with Crippen molar-refractivity contribution < 1.29 is 14.6 Å². The molecule has 0 atom stereocenters. The number of hydrogen-bond donors (Lipinski definition) is 2. The number of aromatic carboxylic acids is 1. The highest BCUT2D eigenvalue weighted by molar-refractivity contribution is 5.95. The zero-order valence-electron chi connectivity index (χ0n) is 10.4. The van der Waals surface area contributed by atoms with E-state index in [1.165, 1.54) is 6.07 Å². The van der Waals surface area contributed by atoms with Gasteiger partial charge in [-0.1, -0.05) is 0 Å². The Morgan fingerprint density at radius 3 is 2.67 bits per heavy atom. The summed E-state index contributed by atoms with van der Waals surface area (Å²) in [4.78, 5) is 13.3. The van der Waals surface area contributed by atoms with Gasteiger partial charge < -0.3 is 20.5 Å². The summed E-state index contributed by atoms with van der Waals surface area (Å²) in [5, 5.41) is 9.21. The van der Waals surface area contributed by atoms with Crippen LogP contribution in [0, 0.1) is 0 Å². The van der Waals surface area contributed by atoms with Gasteiger partial charge in [0.2, 0.25) is 0 Å². The smallest absolute Gasteiger partial charge is 0.337 e. The van der Waals surface area contributed by atoms with Crippen molar-refractivity contribution in [1.29, 1.82) is 0 Å². The molecular weight excluding hydrogens is 232 g/mol. The van der Waals surface area contributed by atoms with Gasteiger partial charge in [-0.2, -0.15) is 0 Å². The van der Waals surface area contributed by atoms with Crippen LogP contribution in [-0.4, -0.2) is 37.4 Å². The minimum atomic E-state index is -0.939. The summed E-state index contributed by atoms with van der Waals surface area (Å²) in [6.07, 6.45) is 2.11. The van der Waals surface area contributed by atoms with Crippen molar-refractivity contribution in [2.75, 3.05) is 30.8 Å². The van der Waals surface area contributed by atoms with E-state index in [9.17, 15) is 9.90 Å². The van der Waals surface area contributed by atoms with E-state index in [-0.39, 0.29) is 11.7 Å². The highest BCUT2D eigenvalue weighted by atomic mass is 16.5. The standard InChI is InChI=1S/C13H18N2O3/c1-18-10-4-6-15(7-5-10)12-3-2-9(14)8-11(12)13(16)17/h2-3,8,10H,4-7,14H2,1H3,(H,16,17). The van der Waals surface area contributed by atoms with E-state index < -0.39 is 5.97 Å². The normalized spacial score (nSPS) is 16.8. The summed E-state index contributed by atoms with van der Waals surface area (Å²) in [6.45, 7) is 1.62. The second-order valence-electron chi connectivity index (χ2n) is 4.50. The van der Waals surface area contributed by atoms with Gasteiger partial charge in [0.05, 0.1) is 17.4 Å². The number of nitrogens with zero attached hydrogens (tertiary/aromatic N) is 1. The Morgan fingerprint density at radius 1 is 1.44 bits per heavy atom. The third-order valence-electron chi connectivity index (χ3n) is 3.37. The molecule has 1 aromatic carbocycles. The number of carboxylic acids is 1. The number of ether oxygens (including phenoxy) is 1. The molecule has 0 spiro atoms. The molecule has 0 saturated carbocycles. The molecule has 1 aliphatic heterocycles. The van der Waals surface area contributed by atoms with Crippen LogP contribution >= 0.6 is 0 Å². The summed E-state index contributed by atoms with van der Waals surface area (Å²) >= 11 is 0. The molecule has 2 rings (SSSR count). The molecular formula is C13H18N2O3. The van der Waals surface area contributed by atoms with Crippen LogP contribution in [0.1, 0.15) is 23.2 Å². The van der Waals surface area contributed by atoms with Crippen molar-refractivity contribution in [2.45, 2.75) is 18.9 Å². The lowest BCUT2D eigenvalue weighted by Crippen LogP contribution is -2.37. The molecule has 1 fully saturated rings. The van der Waals surface area contributed by atoms with Crippen molar-refractivity contribution in [3.63, 3.8) is 0 Å². The minimum absolute atomic E-state index is 0.269. The highest BCUT2D eigenvalue weighted by Crippen LogP contribution is 2.26. The summed E-state index contributed by atoms with van der Waals surface area (Å²) < 4.78 is 5.31. The minimum Gasteiger partial charge on any atom is -0.478 e. The Bertz CT molecular complexity index is 440. The lowest BCUT2D eigenvalue weighted by molar-refractivity contribution is 0.0696. The van der Waals surface area contributed by atoms with E-state index in [0.717, 1.165) is 31.6 Å². The number of nitrogen functional groups attached to an aromatic ring is 1. The van der Waals surface area contributed by atoms with Crippen LogP contribution in [0.15, 0.2) is 18.2 Å². The van der Waals surface area contributed by atoms with E-state index in [1.807, 2.05) is 0 Å². The first kappa shape index (κ1) is 12.7. The third kappa shape index (κ3) is 2.56. The molecule has 1 saturated heterocycles. The molecule has 3 N–H and O–H groups in total. The van der Waals surface area contributed by atoms with Crippen LogP contribution in [0.2, 0.25) is 0 Å². The lowest BCUT2D eigenvalue weighted by Gasteiger charge is -2.33. The second kappa shape index (κ2) is 5.27. The maximum Gasteiger partial charge on any atom is 0.337 e. The zero-order chi connectivity index (χ0) is 13.1. The van der Waals surface area contributed by atoms with Gasteiger partial charge >= 0.3 is 5.97 Å². The molecule has 0 radical (unpaired) electrons. The molecule has 98 valence electrons. The molecule has 0 aromatic heterocycles. The van der Waals surface area contributed by atoms with E-state index in [0.29, 0.717) is 5.69 Å². The number of rotatable bonds is 3. The lowest BCUT2D eigenvalue weighted by atomic mass is 10.0. The molecule has 18 heavy (non-hydrogen) atoms. The number of piperidine rings is 1. The Morgan fingerprint density at radius 2 is 2.11 bits per heavy atom. The largest absolute Gasteiger partial charge is 0.478 e. The first-order valence-electron chi connectivity index (χ1n) is 6.02. The number of carbonyl (C=O) groups is 1. The maximum atomic E-state index is 11.2. The van der Waals surface area contributed by atoms with Crippen LogP contribution in [0.25, 0.3) is 0 Å². The summed E-state index contributed by atoms with van der Waals surface area (Å²) in [5.74, 6) is -0.939. The topological polar surface area (TPSA) is 75.8 Å². The molecule has 5 nitrogen and oxygen atoms in total. The van der Waals surface area contributed by atoms with Gasteiger partial charge in [0.25, 0.3) is 0 Å². The van der Waals surface area contributed by atoms with Gasteiger partial charge in [-0.25, -0.2) is 4.79 Å². The van der Waals surface area contributed by atoms with Gasteiger partial charge in [0.1, 0.15) is 0 Å². The van der Waals surface area contributed by atoms with Gasteiger partial charge in [-0.3, -0.25) is 0 Å². The van der Waals surface area contributed by atoms with Gasteiger partial charge in [0.15, 0.2) is 0 Å². The van der Waals surface area contributed by atoms with Gasteiger partial charge in [-0.05, 0) is 31.0 Å². The second-order valence-corrected chi connectivity index (χ2v) is 4.50. The Labute approximate surface area is 106 Å². The van der Waals surface area contributed by atoms with Crippen molar-refractivity contribution in [3.8, 4) is 0 Å². The first-order chi connectivity index (χ1) is 8.61. The molecule has 0 amide bonds. The highest BCUT2D eigenvalue weighted by Gasteiger charge is 2.22. The molecule has 5 heteroatoms. The maximum absolute atomic E-state index is 11.2. The number of hydrogen-bond acceptors (Lipinski definition) is 4. The summed E-state index contributed by atoms with van der Waals surface area (Å²) in [5.41, 5.74) is 7.12. The monoisotopic (exact) mass is 250 g/mol. The van der Waals surface area contributed by atoms with E-state index in [2.05, 4.69) is 4.90 Å². The van der Waals surface area contributed by atoms with Crippen molar-refractivity contribution in [1.82, 2.24) is 0 Å². The number of nitrogens with two attached hydrogens (primary N) is 1. The average Bonchev–Trinajstić information content (AvgIpc) is 2.39. The Hall–Kier alpha value is -1.75. The molecule has 1 aliphatic rings. The van der Waals surface area contributed by atoms with Gasteiger partial charge in [-0.15, -0.1) is 0 Å². The average molecular weight is 250 g/mol. The number of benzene rings is 1. The molecule has 1 heterocycles. The van der Waals surface area contributed by atoms with Gasteiger partial charge in [0, 0.05) is 25.9 Å². The summed E-state index contributed by atoms with van der Waals surface area (Å²) in [7, 11) is 1.71. The van der Waals surface area contributed by atoms with Crippen LogP contribution < -0.4 is 10.6 Å². The number of anilines is 2. The SMILES string of the molecule is COC1CCN(c2ccc(N)cc2C(=O)O)CC1. The number of carboxylic acid groups (broad SMARTS) is 1. The third-order valence-corrected chi connectivity index (χ3v) is 3.37.